The van der Waals surface area contributed by atoms with E-state index in [1.807, 2.05) is 12.1 Å². The standard InChI is InChI=1S/C27H25Cl3N2O3/c1-16(33)31-23-13-12-22(29)26(30)25(23)27(35)32(15-24(34)20-8-10-21(28)11-9-20)14-17-2-4-18(5-3-17)19-6-7-19/h2-5,8-13,19,24,34H,6-7,14-15H2,1H3,(H,31,33)/t24-/m1/s1. The second kappa shape index (κ2) is 11.0. The van der Waals surface area contributed by atoms with Crippen LogP contribution in [0.2, 0.25) is 15.1 Å². The molecule has 4 rings (SSSR count). The van der Waals surface area contributed by atoms with Crippen molar-refractivity contribution in [1.29, 1.82) is 0 Å². The highest BCUT2D eigenvalue weighted by molar-refractivity contribution is 6.44. The number of amides is 2. The van der Waals surface area contributed by atoms with E-state index in [1.54, 1.807) is 30.3 Å². The Morgan fingerprint density at radius 3 is 2.26 bits per heavy atom. The molecule has 1 saturated carbocycles. The second-order valence-corrected chi connectivity index (χ2v) is 9.96. The number of anilines is 1. The lowest BCUT2D eigenvalue weighted by Crippen LogP contribution is -2.35. The van der Waals surface area contributed by atoms with E-state index in [4.69, 9.17) is 34.8 Å². The van der Waals surface area contributed by atoms with Crippen LogP contribution in [0.3, 0.4) is 0 Å². The number of hydrogen-bond donors (Lipinski definition) is 2. The molecule has 1 aliphatic rings. The molecule has 35 heavy (non-hydrogen) atoms. The number of halogens is 3. The molecule has 1 atom stereocenters. The second-order valence-electron chi connectivity index (χ2n) is 8.73. The first-order valence-electron chi connectivity index (χ1n) is 11.3. The molecule has 0 saturated heterocycles. The number of rotatable bonds is 8. The van der Waals surface area contributed by atoms with Gasteiger partial charge in [-0.25, -0.2) is 0 Å². The maximum absolute atomic E-state index is 13.8. The lowest BCUT2D eigenvalue weighted by molar-refractivity contribution is -0.114. The third-order valence-electron chi connectivity index (χ3n) is 5.96. The third kappa shape index (κ3) is 6.36. The predicted octanol–water partition coefficient (Wildman–Crippen LogP) is 6.86. The molecule has 1 aliphatic carbocycles. The Labute approximate surface area is 219 Å². The van der Waals surface area contributed by atoms with Gasteiger partial charge in [-0.1, -0.05) is 71.2 Å². The van der Waals surface area contributed by atoms with E-state index in [-0.39, 0.29) is 40.3 Å². The number of nitrogens with zero attached hydrogens (tertiary/aromatic N) is 1. The number of hydrogen-bond acceptors (Lipinski definition) is 3. The number of aliphatic hydroxyl groups excluding tert-OH is 1. The molecule has 0 aliphatic heterocycles. The number of carbonyl (C=O) groups is 2. The Morgan fingerprint density at radius 1 is 1.00 bits per heavy atom. The zero-order valence-corrected chi connectivity index (χ0v) is 21.4. The van der Waals surface area contributed by atoms with Gasteiger partial charge < -0.3 is 15.3 Å². The fourth-order valence-corrected chi connectivity index (χ4v) is 4.49. The van der Waals surface area contributed by atoms with Crippen LogP contribution < -0.4 is 5.32 Å². The van der Waals surface area contributed by atoms with E-state index in [9.17, 15) is 14.7 Å². The van der Waals surface area contributed by atoms with Crippen LogP contribution in [0, 0.1) is 0 Å². The van der Waals surface area contributed by atoms with E-state index in [1.165, 1.54) is 36.3 Å². The molecule has 182 valence electrons. The Morgan fingerprint density at radius 2 is 1.66 bits per heavy atom. The van der Waals surface area contributed by atoms with Crippen molar-refractivity contribution in [3.05, 3.63) is 98.0 Å². The van der Waals surface area contributed by atoms with Crippen LogP contribution in [0.5, 0.6) is 0 Å². The molecule has 3 aromatic carbocycles. The zero-order chi connectivity index (χ0) is 25.1. The minimum atomic E-state index is -0.968. The topological polar surface area (TPSA) is 69.6 Å². The van der Waals surface area contributed by atoms with Crippen LogP contribution in [0.15, 0.2) is 60.7 Å². The fraction of sp³-hybridized carbons (Fsp3) is 0.259. The molecule has 0 radical (unpaired) electrons. The minimum Gasteiger partial charge on any atom is -0.387 e. The van der Waals surface area contributed by atoms with Gasteiger partial charge in [-0.3, -0.25) is 9.59 Å². The molecule has 2 amide bonds. The number of nitrogens with one attached hydrogen (secondary N) is 1. The summed E-state index contributed by atoms with van der Waals surface area (Å²) >= 11 is 18.7. The Balaban J connectivity index is 1.67. The number of aliphatic hydroxyl groups is 1. The maximum Gasteiger partial charge on any atom is 0.257 e. The first-order valence-corrected chi connectivity index (χ1v) is 12.4. The largest absolute Gasteiger partial charge is 0.387 e. The maximum atomic E-state index is 13.8. The average Bonchev–Trinajstić information content (AvgIpc) is 3.67. The summed E-state index contributed by atoms with van der Waals surface area (Å²) in [6.07, 6.45) is 1.44. The van der Waals surface area contributed by atoms with Crippen LogP contribution in [-0.2, 0) is 11.3 Å². The van der Waals surface area contributed by atoms with Crippen molar-refractivity contribution in [1.82, 2.24) is 4.90 Å². The zero-order valence-electron chi connectivity index (χ0n) is 19.1. The summed E-state index contributed by atoms with van der Waals surface area (Å²) in [7, 11) is 0. The summed E-state index contributed by atoms with van der Waals surface area (Å²) in [5.41, 5.74) is 3.15. The molecule has 0 unspecified atom stereocenters. The van der Waals surface area contributed by atoms with Gasteiger partial charge in [0.05, 0.1) is 33.9 Å². The van der Waals surface area contributed by atoms with Crippen molar-refractivity contribution in [2.24, 2.45) is 0 Å². The molecular weight excluding hydrogens is 507 g/mol. The highest BCUT2D eigenvalue weighted by Crippen LogP contribution is 2.40. The summed E-state index contributed by atoms with van der Waals surface area (Å²) in [5.74, 6) is -0.180. The highest BCUT2D eigenvalue weighted by Gasteiger charge is 2.27. The number of benzene rings is 3. The van der Waals surface area contributed by atoms with Crippen molar-refractivity contribution >= 4 is 52.3 Å². The first kappa shape index (κ1) is 25.5. The van der Waals surface area contributed by atoms with Crippen LogP contribution in [0.1, 0.15) is 58.8 Å². The average molecular weight is 532 g/mol. The van der Waals surface area contributed by atoms with E-state index in [2.05, 4.69) is 17.4 Å². The molecular formula is C27H25Cl3N2O3. The van der Waals surface area contributed by atoms with Gasteiger partial charge in [0, 0.05) is 18.5 Å². The summed E-state index contributed by atoms with van der Waals surface area (Å²) in [4.78, 5) is 27.1. The van der Waals surface area contributed by atoms with Gasteiger partial charge in [0.25, 0.3) is 5.91 Å². The Bertz CT molecular complexity index is 1230. The molecule has 3 aromatic rings. The lowest BCUT2D eigenvalue weighted by Gasteiger charge is -2.27. The van der Waals surface area contributed by atoms with Crippen molar-refractivity contribution in [3.63, 3.8) is 0 Å². The van der Waals surface area contributed by atoms with Crippen LogP contribution in [-0.4, -0.2) is 28.4 Å². The Hall–Kier alpha value is -2.57. The van der Waals surface area contributed by atoms with Crippen molar-refractivity contribution < 1.29 is 14.7 Å². The van der Waals surface area contributed by atoms with Crippen LogP contribution >= 0.6 is 34.8 Å². The smallest absolute Gasteiger partial charge is 0.257 e. The monoisotopic (exact) mass is 530 g/mol. The Kier molecular flexibility index (Phi) is 8.02. The van der Waals surface area contributed by atoms with Gasteiger partial charge in [-0.15, -0.1) is 0 Å². The minimum absolute atomic E-state index is 0.00675. The molecule has 0 spiro atoms. The van der Waals surface area contributed by atoms with E-state index >= 15 is 0 Å². The van der Waals surface area contributed by atoms with Gasteiger partial charge in [0.2, 0.25) is 5.91 Å². The summed E-state index contributed by atoms with van der Waals surface area (Å²) in [6, 6.07) is 18.0. The molecule has 0 bridgehead atoms. The normalized spacial score (nSPS) is 13.9. The first-order chi connectivity index (χ1) is 16.7. The predicted molar refractivity (Wildman–Crippen MR) is 140 cm³/mol. The number of carbonyl (C=O) groups excluding carboxylic acids is 2. The van der Waals surface area contributed by atoms with Gasteiger partial charge >= 0.3 is 0 Å². The van der Waals surface area contributed by atoms with E-state index in [0.717, 1.165) is 5.56 Å². The van der Waals surface area contributed by atoms with Crippen LogP contribution in [0.4, 0.5) is 5.69 Å². The molecule has 0 heterocycles. The quantitative estimate of drug-likeness (QED) is 0.334. The molecule has 0 aromatic heterocycles. The highest BCUT2D eigenvalue weighted by atomic mass is 35.5. The van der Waals surface area contributed by atoms with Gasteiger partial charge in [0.15, 0.2) is 0 Å². The molecule has 5 nitrogen and oxygen atoms in total. The SMILES string of the molecule is CC(=O)Nc1ccc(Cl)c(Cl)c1C(=O)N(Cc1ccc(C2CC2)cc1)C[C@@H](O)c1ccc(Cl)cc1. The van der Waals surface area contributed by atoms with Crippen molar-refractivity contribution in [2.75, 3.05) is 11.9 Å². The summed E-state index contributed by atoms with van der Waals surface area (Å²) in [5, 5.41) is 14.4. The summed E-state index contributed by atoms with van der Waals surface area (Å²) < 4.78 is 0. The van der Waals surface area contributed by atoms with Gasteiger partial charge in [0.1, 0.15) is 0 Å². The van der Waals surface area contributed by atoms with E-state index in [0.29, 0.717) is 16.5 Å². The van der Waals surface area contributed by atoms with Gasteiger partial charge in [-0.05, 0) is 59.7 Å². The summed E-state index contributed by atoms with van der Waals surface area (Å²) in [6.45, 7) is 1.57. The molecule has 2 N–H and O–H groups in total. The van der Waals surface area contributed by atoms with Gasteiger partial charge in [-0.2, -0.15) is 0 Å². The third-order valence-corrected chi connectivity index (χ3v) is 7.01. The fourth-order valence-electron chi connectivity index (χ4n) is 3.96. The molecule has 1 fully saturated rings. The molecule has 8 heteroatoms. The van der Waals surface area contributed by atoms with E-state index < -0.39 is 12.0 Å². The van der Waals surface area contributed by atoms with Crippen molar-refractivity contribution in [2.45, 2.75) is 38.3 Å². The van der Waals surface area contributed by atoms with Crippen molar-refractivity contribution in [3.8, 4) is 0 Å². The lowest BCUT2D eigenvalue weighted by atomic mass is 10.0. The van der Waals surface area contributed by atoms with Crippen LogP contribution in [0.25, 0.3) is 0 Å².